The van der Waals surface area contributed by atoms with Gasteiger partial charge in [0.25, 0.3) is 0 Å². The lowest BCUT2D eigenvalue weighted by atomic mass is 9.70. The summed E-state index contributed by atoms with van der Waals surface area (Å²) in [5.74, 6) is 0. The molecule has 0 saturated heterocycles. The van der Waals surface area contributed by atoms with Crippen molar-refractivity contribution in [3.63, 3.8) is 0 Å². The number of fused-ring (bicyclic) bond motifs is 5. The minimum Gasteiger partial charge on any atom is -0.385 e. The van der Waals surface area contributed by atoms with Crippen molar-refractivity contribution in [2.75, 3.05) is 27.4 Å². The molecule has 9 rings (SSSR count). The molecule has 8 aromatic carbocycles. The molecular formula is C57H60O2. The summed E-state index contributed by atoms with van der Waals surface area (Å²) in [6.07, 6.45) is 6.59. The summed E-state index contributed by atoms with van der Waals surface area (Å²) in [5, 5.41) is 10.8. The van der Waals surface area contributed by atoms with E-state index in [-0.39, 0.29) is 16.2 Å². The minimum atomic E-state index is -0.0508. The maximum atomic E-state index is 5.53. The maximum Gasteiger partial charge on any atom is 0.0462 e. The Morgan fingerprint density at radius 2 is 0.966 bits per heavy atom. The van der Waals surface area contributed by atoms with E-state index in [9.17, 15) is 0 Å². The molecule has 2 heteroatoms. The first-order valence-corrected chi connectivity index (χ1v) is 22.0. The summed E-state index contributed by atoms with van der Waals surface area (Å²) in [7, 11) is 3.64. The molecule has 8 aromatic rings. The van der Waals surface area contributed by atoms with E-state index in [0.29, 0.717) is 0 Å². The Kier molecular flexibility index (Phi) is 10.2. The number of hydrogen-bond acceptors (Lipinski definition) is 2. The summed E-state index contributed by atoms with van der Waals surface area (Å²) in [6.45, 7) is 15.6. The Morgan fingerprint density at radius 1 is 0.424 bits per heavy atom. The van der Waals surface area contributed by atoms with Gasteiger partial charge in [-0.2, -0.15) is 0 Å². The van der Waals surface area contributed by atoms with Crippen molar-refractivity contribution < 1.29 is 9.47 Å². The second kappa shape index (κ2) is 15.2. The summed E-state index contributed by atoms with van der Waals surface area (Å²) in [5.41, 5.74) is 13.6. The summed E-state index contributed by atoms with van der Waals surface area (Å²) < 4.78 is 11.1. The molecule has 59 heavy (non-hydrogen) atoms. The summed E-state index contributed by atoms with van der Waals surface area (Å²) >= 11 is 0. The fourth-order valence-electron chi connectivity index (χ4n) is 10.5. The first-order valence-electron chi connectivity index (χ1n) is 22.0. The molecule has 0 radical (unpaired) electrons. The SMILES string of the molecule is COCCCCC1(CCCCOC)c2ccccc2-c2ccc(-c3ccccc3-c3ccc4c5cc(C(C)(C)C)cc6cc(C(C)(C)C)cc(c7cccc3c74)c65)cc21. The second-order valence-corrected chi connectivity index (χ2v) is 19.4. The van der Waals surface area contributed by atoms with Crippen LogP contribution in [0.3, 0.4) is 0 Å². The highest BCUT2D eigenvalue weighted by Gasteiger charge is 2.42. The lowest BCUT2D eigenvalue weighted by Crippen LogP contribution is -2.26. The Labute approximate surface area is 351 Å². The van der Waals surface area contributed by atoms with Crippen LogP contribution < -0.4 is 0 Å². The van der Waals surface area contributed by atoms with Crippen molar-refractivity contribution in [2.24, 2.45) is 0 Å². The van der Waals surface area contributed by atoms with Crippen molar-refractivity contribution >= 4 is 43.1 Å². The Hall–Kier alpha value is -5.02. The monoisotopic (exact) mass is 776 g/mol. The zero-order valence-corrected chi connectivity index (χ0v) is 36.5. The normalized spacial score (nSPS) is 13.9. The van der Waals surface area contributed by atoms with Crippen molar-refractivity contribution in [3.8, 4) is 33.4 Å². The molecule has 0 heterocycles. The zero-order valence-electron chi connectivity index (χ0n) is 36.5. The third-order valence-electron chi connectivity index (χ3n) is 13.6. The first-order chi connectivity index (χ1) is 28.4. The molecule has 0 bridgehead atoms. The topological polar surface area (TPSA) is 18.5 Å². The molecule has 1 aliphatic rings. The van der Waals surface area contributed by atoms with Crippen LogP contribution in [0.4, 0.5) is 0 Å². The fourth-order valence-corrected chi connectivity index (χ4v) is 10.5. The van der Waals surface area contributed by atoms with Crippen LogP contribution in [0.5, 0.6) is 0 Å². The molecule has 0 fully saturated rings. The number of unbranched alkanes of at least 4 members (excludes halogenated alkanes) is 2. The van der Waals surface area contributed by atoms with Crippen LogP contribution in [-0.2, 0) is 25.7 Å². The molecule has 0 unspecified atom stereocenters. The smallest absolute Gasteiger partial charge is 0.0462 e. The molecule has 0 atom stereocenters. The van der Waals surface area contributed by atoms with Crippen molar-refractivity contribution in [1.82, 2.24) is 0 Å². The third-order valence-corrected chi connectivity index (χ3v) is 13.6. The fraction of sp³-hybridized carbons (Fsp3) is 0.333. The van der Waals surface area contributed by atoms with Crippen LogP contribution in [0.15, 0.2) is 121 Å². The number of hydrogen-bond donors (Lipinski definition) is 0. The molecule has 0 N–H and O–H groups in total. The van der Waals surface area contributed by atoms with Gasteiger partial charge in [0, 0.05) is 32.8 Å². The Morgan fingerprint density at radius 3 is 1.59 bits per heavy atom. The Bertz CT molecular complexity index is 2750. The van der Waals surface area contributed by atoms with E-state index in [1.807, 2.05) is 14.2 Å². The van der Waals surface area contributed by atoms with E-state index in [4.69, 9.17) is 9.47 Å². The minimum absolute atomic E-state index is 0.0280. The van der Waals surface area contributed by atoms with Gasteiger partial charge in [0.15, 0.2) is 0 Å². The second-order valence-electron chi connectivity index (χ2n) is 19.4. The quantitative estimate of drug-likeness (QED) is 0.0699. The number of benzene rings is 8. The lowest BCUT2D eigenvalue weighted by molar-refractivity contribution is 0.185. The van der Waals surface area contributed by atoms with Crippen LogP contribution in [0.25, 0.3) is 76.5 Å². The lowest BCUT2D eigenvalue weighted by Gasteiger charge is -2.33. The van der Waals surface area contributed by atoms with Gasteiger partial charge >= 0.3 is 0 Å². The van der Waals surface area contributed by atoms with E-state index in [1.54, 1.807) is 0 Å². The standard InChI is InChI=1S/C57H60O2/c1-55(2,3)39-32-38-33-40(56(4,5)6)36-50-48-27-26-43(46-21-17-22-47(54(46)48)49(35-39)53(38)50)42-19-10-9-18-41(42)37-24-25-45-44-20-11-12-23-51(44)57(52(45)34-37,28-13-15-30-58-7)29-14-16-31-59-8/h9-12,17-27,32-36H,13-16,28-31H2,1-8H3. The maximum absolute atomic E-state index is 5.53. The van der Waals surface area contributed by atoms with Gasteiger partial charge < -0.3 is 9.47 Å². The van der Waals surface area contributed by atoms with E-state index < -0.39 is 0 Å². The molecule has 0 amide bonds. The van der Waals surface area contributed by atoms with E-state index in [2.05, 4.69) is 163 Å². The van der Waals surface area contributed by atoms with Crippen LogP contribution >= 0.6 is 0 Å². The Balaban J connectivity index is 1.25. The number of methoxy groups -OCH3 is 2. The zero-order chi connectivity index (χ0) is 41.1. The van der Waals surface area contributed by atoms with Gasteiger partial charge in [0.1, 0.15) is 0 Å². The van der Waals surface area contributed by atoms with E-state index in [0.717, 1.165) is 51.7 Å². The highest BCUT2D eigenvalue weighted by Crippen LogP contribution is 2.55. The highest BCUT2D eigenvalue weighted by molar-refractivity contribution is 6.34. The van der Waals surface area contributed by atoms with Crippen LogP contribution in [0, 0.1) is 0 Å². The van der Waals surface area contributed by atoms with Crippen molar-refractivity contribution in [2.45, 2.75) is 96.3 Å². The predicted octanol–water partition coefficient (Wildman–Crippen LogP) is 15.6. The van der Waals surface area contributed by atoms with Crippen LogP contribution in [0.2, 0.25) is 0 Å². The van der Waals surface area contributed by atoms with E-state index in [1.165, 1.54) is 98.7 Å². The molecule has 300 valence electrons. The van der Waals surface area contributed by atoms with Gasteiger partial charge in [0.05, 0.1) is 0 Å². The van der Waals surface area contributed by atoms with Gasteiger partial charge in [-0.25, -0.2) is 0 Å². The van der Waals surface area contributed by atoms with Crippen LogP contribution in [-0.4, -0.2) is 27.4 Å². The first kappa shape index (κ1) is 39.4. The van der Waals surface area contributed by atoms with Gasteiger partial charge in [-0.3, -0.25) is 0 Å². The van der Waals surface area contributed by atoms with Gasteiger partial charge in [-0.05, 0) is 166 Å². The van der Waals surface area contributed by atoms with Crippen molar-refractivity contribution in [1.29, 1.82) is 0 Å². The molecule has 0 aromatic heterocycles. The molecule has 0 spiro atoms. The summed E-state index contributed by atoms with van der Waals surface area (Å²) in [6, 6.07) is 47.4. The molecule has 0 aliphatic heterocycles. The predicted molar refractivity (Wildman–Crippen MR) is 254 cm³/mol. The van der Waals surface area contributed by atoms with Gasteiger partial charge in [0.2, 0.25) is 0 Å². The molecular weight excluding hydrogens is 717 g/mol. The molecule has 0 saturated carbocycles. The summed E-state index contributed by atoms with van der Waals surface area (Å²) in [4.78, 5) is 0. The number of ether oxygens (including phenoxy) is 2. The average Bonchev–Trinajstić information content (AvgIpc) is 3.50. The molecule has 2 nitrogen and oxygen atoms in total. The highest BCUT2D eigenvalue weighted by atomic mass is 16.5. The van der Waals surface area contributed by atoms with Gasteiger partial charge in [-0.1, -0.05) is 145 Å². The largest absolute Gasteiger partial charge is 0.385 e. The molecule has 1 aliphatic carbocycles. The van der Waals surface area contributed by atoms with E-state index >= 15 is 0 Å². The average molecular weight is 777 g/mol. The van der Waals surface area contributed by atoms with Crippen molar-refractivity contribution in [3.05, 3.63) is 144 Å². The number of rotatable bonds is 12. The third kappa shape index (κ3) is 6.74. The van der Waals surface area contributed by atoms with Gasteiger partial charge in [-0.15, -0.1) is 0 Å². The van der Waals surface area contributed by atoms with Crippen LogP contribution in [0.1, 0.15) is 102 Å².